The second-order valence-corrected chi connectivity index (χ2v) is 8.42. The normalized spacial score (nSPS) is 11.3. The Hall–Kier alpha value is -3.10. The van der Waals surface area contributed by atoms with Crippen LogP contribution >= 0.6 is 11.6 Å². The van der Waals surface area contributed by atoms with E-state index in [2.05, 4.69) is 49.5 Å². The maximum atomic E-state index is 6.06. The van der Waals surface area contributed by atoms with Crippen LogP contribution in [0.1, 0.15) is 17.0 Å². The molecule has 0 bridgehead atoms. The summed E-state index contributed by atoms with van der Waals surface area (Å²) >= 11 is 6.06. The quantitative estimate of drug-likeness (QED) is 0.228. The molecule has 0 radical (unpaired) electrons. The minimum Gasteiger partial charge on any atom is -0.362 e. The lowest BCUT2D eigenvalue weighted by Crippen LogP contribution is -2.33. The summed E-state index contributed by atoms with van der Waals surface area (Å²) in [5.74, 6) is 0. The van der Waals surface area contributed by atoms with E-state index in [4.69, 9.17) is 16.3 Å². The monoisotopic (exact) mass is 476 g/mol. The number of fused-ring (bicyclic) bond motifs is 1. The molecule has 4 rings (SSSR count). The lowest BCUT2D eigenvalue weighted by molar-refractivity contribution is 0.128. The number of hydrogen-bond acceptors (Lipinski definition) is 7. The molecule has 7 nitrogen and oxygen atoms in total. The highest BCUT2D eigenvalue weighted by Gasteiger charge is 2.10. The maximum absolute atomic E-state index is 6.06. The lowest BCUT2D eigenvalue weighted by atomic mass is 10.2. The Morgan fingerprint density at radius 1 is 0.912 bits per heavy atom. The third-order valence-electron chi connectivity index (χ3n) is 5.48. The summed E-state index contributed by atoms with van der Waals surface area (Å²) in [7, 11) is 0. The molecular weight excluding hydrogens is 448 g/mol. The van der Waals surface area contributed by atoms with E-state index >= 15 is 0 Å². The Labute approximate surface area is 205 Å². The molecule has 0 saturated heterocycles. The van der Waals surface area contributed by atoms with Crippen LogP contribution in [0.2, 0.25) is 5.02 Å². The molecule has 0 fully saturated rings. The number of aromatic nitrogens is 3. The largest absolute Gasteiger partial charge is 0.362 e. The molecular formula is C26H29ClN6O. The summed E-state index contributed by atoms with van der Waals surface area (Å²) in [5, 5.41) is 8.35. The standard InChI is InChI=1S/C26H29ClN6O/c1-20-5-4-11-30-26(20)17-33(16-22-6-2-3-10-29-22)14-13-28-18-34-19-32-24-9-12-31-25-15-21(27)7-8-23(24)25/h2-12,15,28H,13-14,16-19H2,1H3,(H,31,32). The van der Waals surface area contributed by atoms with Gasteiger partial charge in [-0.15, -0.1) is 0 Å². The van der Waals surface area contributed by atoms with Gasteiger partial charge in [0.25, 0.3) is 0 Å². The first kappa shape index (κ1) is 24.0. The van der Waals surface area contributed by atoms with E-state index in [-0.39, 0.29) is 0 Å². The minimum atomic E-state index is 0.388. The number of rotatable bonds is 12. The van der Waals surface area contributed by atoms with E-state index in [0.29, 0.717) is 18.5 Å². The Morgan fingerprint density at radius 3 is 2.68 bits per heavy atom. The van der Waals surface area contributed by atoms with Crippen LogP contribution in [0.25, 0.3) is 10.9 Å². The van der Waals surface area contributed by atoms with Gasteiger partial charge in [-0.2, -0.15) is 0 Å². The zero-order valence-corrected chi connectivity index (χ0v) is 20.0. The molecule has 0 spiro atoms. The van der Waals surface area contributed by atoms with Gasteiger partial charge in [0.15, 0.2) is 0 Å². The number of hydrogen-bond donors (Lipinski definition) is 2. The fourth-order valence-electron chi connectivity index (χ4n) is 3.67. The molecule has 0 atom stereocenters. The predicted molar refractivity (Wildman–Crippen MR) is 137 cm³/mol. The van der Waals surface area contributed by atoms with Gasteiger partial charge in [0.1, 0.15) is 6.73 Å². The van der Waals surface area contributed by atoms with Crippen LogP contribution in [0.5, 0.6) is 0 Å². The Balaban J connectivity index is 1.23. The summed E-state index contributed by atoms with van der Waals surface area (Å²) in [6.07, 6.45) is 5.44. The molecule has 1 aromatic carbocycles. The Morgan fingerprint density at radius 2 is 1.82 bits per heavy atom. The van der Waals surface area contributed by atoms with Crippen molar-refractivity contribution in [2.45, 2.75) is 20.0 Å². The maximum Gasteiger partial charge on any atom is 0.118 e. The van der Waals surface area contributed by atoms with Crippen LogP contribution in [-0.2, 0) is 17.8 Å². The molecule has 0 aliphatic heterocycles. The molecule has 0 aliphatic carbocycles. The summed E-state index contributed by atoms with van der Waals surface area (Å²) in [6, 6.07) is 17.7. The van der Waals surface area contributed by atoms with Gasteiger partial charge < -0.3 is 10.1 Å². The van der Waals surface area contributed by atoms with Crippen LogP contribution in [0.3, 0.4) is 0 Å². The lowest BCUT2D eigenvalue weighted by Gasteiger charge is -2.22. The predicted octanol–water partition coefficient (Wildman–Crippen LogP) is 4.62. The van der Waals surface area contributed by atoms with E-state index in [1.807, 2.05) is 54.9 Å². The van der Waals surface area contributed by atoms with Gasteiger partial charge in [-0.1, -0.05) is 23.7 Å². The van der Waals surface area contributed by atoms with Crippen molar-refractivity contribution in [2.75, 3.05) is 31.9 Å². The average Bonchev–Trinajstić information content (AvgIpc) is 2.85. The number of nitrogens with one attached hydrogen (secondary N) is 2. The molecule has 0 amide bonds. The fraction of sp³-hybridized carbons (Fsp3) is 0.269. The molecule has 34 heavy (non-hydrogen) atoms. The molecule has 0 unspecified atom stereocenters. The molecule has 0 saturated carbocycles. The third-order valence-corrected chi connectivity index (χ3v) is 5.72. The van der Waals surface area contributed by atoms with Crippen molar-refractivity contribution in [2.24, 2.45) is 0 Å². The van der Waals surface area contributed by atoms with Gasteiger partial charge in [-0.05, 0) is 55.0 Å². The highest BCUT2D eigenvalue weighted by atomic mass is 35.5. The second-order valence-electron chi connectivity index (χ2n) is 7.99. The number of aryl methyl sites for hydroxylation is 1. The number of halogens is 1. The summed E-state index contributed by atoms with van der Waals surface area (Å²) < 4.78 is 5.74. The van der Waals surface area contributed by atoms with Crippen molar-refractivity contribution in [1.82, 2.24) is 25.2 Å². The minimum absolute atomic E-state index is 0.388. The number of benzene rings is 1. The van der Waals surface area contributed by atoms with E-state index in [9.17, 15) is 0 Å². The first-order valence-corrected chi connectivity index (χ1v) is 11.7. The van der Waals surface area contributed by atoms with Crippen molar-refractivity contribution < 1.29 is 4.74 Å². The average molecular weight is 477 g/mol. The smallest absolute Gasteiger partial charge is 0.118 e. The van der Waals surface area contributed by atoms with Crippen molar-refractivity contribution in [3.63, 3.8) is 0 Å². The summed E-state index contributed by atoms with van der Waals surface area (Å²) in [4.78, 5) is 15.7. The second kappa shape index (κ2) is 12.4. The first-order valence-electron chi connectivity index (χ1n) is 11.3. The number of anilines is 1. The topological polar surface area (TPSA) is 75.2 Å². The third kappa shape index (κ3) is 6.95. The van der Waals surface area contributed by atoms with E-state index in [1.165, 1.54) is 5.56 Å². The molecule has 0 aliphatic rings. The van der Waals surface area contributed by atoms with E-state index < -0.39 is 0 Å². The van der Waals surface area contributed by atoms with Crippen LogP contribution < -0.4 is 10.6 Å². The van der Waals surface area contributed by atoms with Gasteiger partial charge in [0.05, 0.1) is 23.6 Å². The fourth-order valence-corrected chi connectivity index (χ4v) is 3.83. The van der Waals surface area contributed by atoms with Crippen LogP contribution in [0.15, 0.2) is 73.2 Å². The number of nitrogens with zero attached hydrogens (tertiary/aromatic N) is 4. The summed E-state index contributed by atoms with van der Waals surface area (Å²) in [5.41, 5.74) is 5.15. The van der Waals surface area contributed by atoms with Gasteiger partial charge in [-0.25, -0.2) is 0 Å². The number of pyridine rings is 3. The Kier molecular flexibility index (Phi) is 8.76. The van der Waals surface area contributed by atoms with Gasteiger partial charge in [-0.3, -0.25) is 25.2 Å². The van der Waals surface area contributed by atoms with Crippen LogP contribution in [0.4, 0.5) is 5.69 Å². The van der Waals surface area contributed by atoms with Crippen molar-refractivity contribution >= 4 is 28.2 Å². The molecule has 3 heterocycles. The SMILES string of the molecule is Cc1cccnc1CN(CCNCOCNc1ccnc2cc(Cl)ccc12)Cc1ccccn1. The summed E-state index contributed by atoms with van der Waals surface area (Å²) in [6.45, 7) is 6.10. The van der Waals surface area contributed by atoms with E-state index in [1.54, 1.807) is 6.20 Å². The van der Waals surface area contributed by atoms with Crippen molar-refractivity contribution in [3.05, 3.63) is 95.2 Å². The van der Waals surface area contributed by atoms with Crippen molar-refractivity contribution in [3.8, 4) is 0 Å². The highest BCUT2D eigenvalue weighted by molar-refractivity contribution is 6.31. The van der Waals surface area contributed by atoms with Crippen molar-refractivity contribution in [1.29, 1.82) is 0 Å². The first-order chi connectivity index (χ1) is 16.7. The molecule has 4 aromatic rings. The van der Waals surface area contributed by atoms with Gasteiger partial charge in [0.2, 0.25) is 0 Å². The molecule has 2 N–H and O–H groups in total. The molecule has 3 aromatic heterocycles. The van der Waals surface area contributed by atoms with Crippen LogP contribution in [-0.4, -0.2) is 46.4 Å². The Bertz CT molecular complexity index is 1190. The number of ether oxygens (including phenoxy) is 1. The molecule has 8 heteroatoms. The highest BCUT2D eigenvalue weighted by Crippen LogP contribution is 2.24. The van der Waals surface area contributed by atoms with E-state index in [0.717, 1.165) is 54.2 Å². The zero-order valence-electron chi connectivity index (χ0n) is 19.2. The van der Waals surface area contributed by atoms with Gasteiger partial charge >= 0.3 is 0 Å². The molecule has 176 valence electrons. The van der Waals surface area contributed by atoms with Crippen LogP contribution in [0, 0.1) is 6.92 Å². The zero-order chi connectivity index (χ0) is 23.6. The van der Waals surface area contributed by atoms with Gasteiger partial charge in [0, 0.05) is 60.9 Å².